The number of aliphatic hydroxyl groups is 1. The van der Waals surface area contributed by atoms with Crippen molar-refractivity contribution in [3.05, 3.63) is 70.7 Å². The predicted octanol–water partition coefficient (Wildman–Crippen LogP) is 2.26. The number of nitrogens with zero attached hydrogens (tertiary/aromatic N) is 1. The monoisotopic (exact) mass is 366 g/mol. The lowest BCUT2D eigenvalue weighted by Gasteiger charge is -2.29. The smallest absolute Gasteiger partial charge is 0.430 e. The highest BCUT2D eigenvalue weighted by molar-refractivity contribution is 5.87. The van der Waals surface area contributed by atoms with Crippen molar-refractivity contribution in [2.75, 3.05) is 0 Å². The van der Waals surface area contributed by atoms with Crippen molar-refractivity contribution in [1.29, 1.82) is 0 Å². The van der Waals surface area contributed by atoms with Crippen LogP contribution in [0.4, 0.5) is 13.2 Å². The summed E-state index contributed by atoms with van der Waals surface area (Å²) in [6, 6.07) is 7.84. The molecule has 2 N–H and O–H groups in total. The zero-order chi connectivity index (χ0) is 18.9. The summed E-state index contributed by atoms with van der Waals surface area (Å²) in [6.45, 7) is -0.299. The van der Waals surface area contributed by atoms with Gasteiger partial charge < -0.3 is 15.6 Å². The molecule has 1 aliphatic rings. The van der Waals surface area contributed by atoms with E-state index in [1.54, 1.807) is 6.07 Å². The van der Waals surface area contributed by atoms with Crippen LogP contribution in [0.3, 0.4) is 0 Å². The lowest BCUT2D eigenvalue weighted by molar-refractivity contribution is -0.606. The first-order chi connectivity index (χ1) is 12.2. The number of alkyl halides is 3. The van der Waals surface area contributed by atoms with Gasteiger partial charge in [-0.15, -0.1) is 0 Å². The van der Waals surface area contributed by atoms with Crippen molar-refractivity contribution in [3.8, 4) is 0 Å². The lowest BCUT2D eigenvalue weighted by atomic mass is 9.92. The fourth-order valence-electron chi connectivity index (χ4n) is 2.79. The number of halogens is 3. The summed E-state index contributed by atoms with van der Waals surface area (Å²) in [6.07, 6.45) is -0.692. The number of carbonyl (C=O) groups excluding carboxylic acids is 1. The topological polar surface area (TPSA) is 76.3 Å². The van der Waals surface area contributed by atoms with Gasteiger partial charge in [0.1, 0.15) is 0 Å². The van der Waals surface area contributed by atoms with Crippen LogP contribution in [-0.2, 0) is 16.9 Å². The number of carbonyl (C=O) groups is 1. The Morgan fingerprint density at radius 3 is 2.46 bits per heavy atom. The van der Waals surface area contributed by atoms with Gasteiger partial charge in [-0.3, -0.25) is 4.79 Å². The average molecular weight is 366 g/mol. The number of amides is 1. The molecule has 1 saturated carbocycles. The number of aromatic nitrogens is 1. The minimum atomic E-state index is -5.20. The zero-order valence-corrected chi connectivity index (χ0v) is 13.7. The highest BCUT2D eigenvalue weighted by atomic mass is 19.4. The van der Waals surface area contributed by atoms with E-state index in [9.17, 15) is 28.3 Å². The van der Waals surface area contributed by atoms with Crippen LogP contribution >= 0.6 is 0 Å². The summed E-state index contributed by atoms with van der Waals surface area (Å²) in [5.74, 6) is -1.31. The third-order valence-corrected chi connectivity index (χ3v) is 4.35. The molecule has 0 radical (unpaired) electrons. The van der Waals surface area contributed by atoms with Crippen molar-refractivity contribution >= 4 is 5.91 Å². The van der Waals surface area contributed by atoms with E-state index in [4.69, 9.17) is 0 Å². The molecular weight excluding hydrogens is 349 g/mol. The molecule has 138 valence electrons. The number of rotatable bonds is 5. The summed E-state index contributed by atoms with van der Waals surface area (Å²) < 4.78 is 40.9. The molecule has 0 spiro atoms. The quantitative estimate of drug-likeness (QED) is 0.630. The zero-order valence-electron chi connectivity index (χ0n) is 13.7. The van der Waals surface area contributed by atoms with Crippen molar-refractivity contribution in [1.82, 2.24) is 5.32 Å². The Hall–Kier alpha value is -2.61. The maximum Gasteiger partial charge on any atom is 0.430 e. The molecule has 3 rings (SSSR count). The fourth-order valence-corrected chi connectivity index (χ4v) is 2.79. The first kappa shape index (κ1) is 18.2. The molecule has 1 aliphatic carbocycles. The van der Waals surface area contributed by atoms with Crippen molar-refractivity contribution in [2.24, 2.45) is 0 Å². The SMILES string of the molecule is O=C(NCc1cc(C2CC2)c[n+]([O-])c1)C(O)(c1ccccc1)C(F)(F)F. The number of nitrogens with one attached hydrogen (secondary N) is 1. The third kappa shape index (κ3) is 3.50. The van der Waals surface area contributed by atoms with Gasteiger partial charge in [0.2, 0.25) is 0 Å². The van der Waals surface area contributed by atoms with E-state index in [-0.39, 0.29) is 12.5 Å². The number of pyridine rings is 1. The van der Waals surface area contributed by atoms with E-state index >= 15 is 0 Å². The van der Waals surface area contributed by atoms with E-state index in [1.807, 2.05) is 0 Å². The van der Waals surface area contributed by atoms with Gasteiger partial charge in [0.25, 0.3) is 11.5 Å². The molecule has 8 heteroatoms. The Morgan fingerprint density at radius 2 is 1.88 bits per heavy atom. The first-order valence-electron chi connectivity index (χ1n) is 8.07. The van der Waals surface area contributed by atoms with Crippen LogP contribution in [0.2, 0.25) is 0 Å². The summed E-state index contributed by atoms with van der Waals surface area (Å²) in [7, 11) is 0. The maximum absolute atomic E-state index is 13.4. The summed E-state index contributed by atoms with van der Waals surface area (Å²) in [5, 5.41) is 23.9. The molecule has 1 aromatic heterocycles. The Kier molecular flexibility index (Phi) is 4.62. The number of benzene rings is 1. The van der Waals surface area contributed by atoms with Gasteiger partial charge in [-0.1, -0.05) is 30.3 Å². The Balaban J connectivity index is 1.81. The molecule has 5 nitrogen and oxygen atoms in total. The van der Waals surface area contributed by atoms with Gasteiger partial charge in [0.05, 0.1) is 0 Å². The molecule has 0 saturated heterocycles. The van der Waals surface area contributed by atoms with E-state index in [1.165, 1.54) is 30.6 Å². The molecule has 1 atom stereocenters. The van der Waals surface area contributed by atoms with E-state index in [2.05, 4.69) is 5.32 Å². The van der Waals surface area contributed by atoms with Crippen LogP contribution in [-0.4, -0.2) is 17.2 Å². The van der Waals surface area contributed by atoms with Gasteiger partial charge in [-0.25, -0.2) is 0 Å². The van der Waals surface area contributed by atoms with Gasteiger partial charge in [0.15, 0.2) is 12.4 Å². The molecule has 1 amide bonds. The standard InChI is InChI=1S/C18H17F3N2O3/c19-18(20,21)17(25,15-4-2-1-3-5-15)16(24)22-9-12-8-14(13-6-7-13)11-23(26)10-12/h1-5,8,10-11,13,25H,6-7,9H2,(H,22,24). The van der Waals surface area contributed by atoms with E-state index < -0.39 is 23.2 Å². The average Bonchev–Trinajstić information content (AvgIpc) is 3.43. The van der Waals surface area contributed by atoms with Crippen LogP contribution in [0.25, 0.3) is 0 Å². The van der Waals surface area contributed by atoms with Gasteiger partial charge >= 0.3 is 6.18 Å². The number of hydrogen-bond donors (Lipinski definition) is 2. The van der Waals surface area contributed by atoms with Crippen molar-refractivity contribution in [2.45, 2.75) is 37.1 Å². The third-order valence-electron chi connectivity index (χ3n) is 4.35. The van der Waals surface area contributed by atoms with E-state index in [0.717, 1.165) is 30.5 Å². The van der Waals surface area contributed by atoms with Crippen LogP contribution in [0.1, 0.15) is 35.4 Å². The van der Waals surface area contributed by atoms with Gasteiger partial charge in [0, 0.05) is 23.2 Å². The molecule has 2 aromatic rings. The van der Waals surface area contributed by atoms with Crippen molar-refractivity contribution in [3.63, 3.8) is 0 Å². The first-order valence-corrected chi connectivity index (χ1v) is 8.07. The van der Waals surface area contributed by atoms with Gasteiger partial charge in [-0.05, 0) is 24.8 Å². The predicted molar refractivity (Wildman–Crippen MR) is 85.6 cm³/mol. The fraction of sp³-hybridized carbons (Fsp3) is 0.333. The highest BCUT2D eigenvalue weighted by Crippen LogP contribution is 2.40. The summed E-state index contributed by atoms with van der Waals surface area (Å²) >= 11 is 0. The Bertz CT molecular complexity index is 807. The number of hydrogen-bond acceptors (Lipinski definition) is 3. The molecule has 1 aromatic carbocycles. The lowest BCUT2D eigenvalue weighted by Crippen LogP contribution is -2.54. The van der Waals surface area contributed by atoms with Crippen LogP contribution in [0.15, 0.2) is 48.8 Å². The summed E-state index contributed by atoms with van der Waals surface area (Å²) in [5.41, 5.74) is -3.08. The molecular formula is C18H17F3N2O3. The summed E-state index contributed by atoms with van der Waals surface area (Å²) in [4.78, 5) is 12.2. The van der Waals surface area contributed by atoms with E-state index in [0.29, 0.717) is 10.3 Å². The van der Waals surface area contributed by atoms with Crippen LogP contribution < -0.4 is 10.0 Å². The normalized spacial score (nSPS) is 16.8. The van der Waals surface area contributed by atoms with Crippen LogP contribution in [0.5, 0.6) is 0 Å². The Labute approximate surface area is 147 Å². The minimum Gasteiger partial charge on any atom is -0.619 e. The molecule has 1 unspecified atom stereocenters. The molecule has 1 fully saturated rings. The van der Waals surface area contributed by atoms with Gasteiger partial charge in [-0.2, -0.15) is 17.9 Å². The van der Waals surface area contributed by atoms with Crippen LogP contribution in [0, 0.1) is 5.21 Å². The highest BCUT2D eigenvalue weighted by Gasteiger charge is 2.60. The second kappa shape index (κ2) is 6.60. The second-order valence-electron chi connectivity index (χ2n) is 6.37. The second-order valence-corrected chi connectivity index (χ2v) is 6.37. The van der Waals surface area contributed by atoms with Crippen molar-refractivity contribution < 1.29 is 27.8 Å². The largest absolute Gasteiger partial charge is 0.619 e. The minimum absolute atomic E-state index is 0.280. The molecule has 1 heterocycles. The molecule has 0 aliphatic heterocycles. The maximum atomic E-state index is 13.4. The molecule has 26 heavy (non-hydrogen) atoms. The molecule has 0 bridgehead atoms. The Morgan fingerprint density at radius 1 is 1.23 bits per heavy atom.